The summed E-state index contributed by atoms with van der Waals surface area (Å²) in [7, 11) is 0. The molecule has 1 amide bonds. The molecular formula is C12H17BrN2O2. The maximum atomic E-state index is 11.4. The average Bonchev–Trinajstić information content (AvgIpc) is 2.28. The SMILES string of the molecule is CC(C)COc1ccc(NC(=O)[C@@H](C)Br)nc1. The molecule has 94 valence electrons. The lowest BCUT2D eigenvalue weighted by Crippen LogP contribution is -2.20. The van der Waals surface area contributed by atoms with Crippen molar-refractivity contribution in [1.82, 2.24) is 4.98 Å². The van der Waals surface area contributed by atoms with Gasteiger partial charge in [-0.1, -0.05) is 29.8 Å². The Labute approximate surface area is 110 Å². The van der Waals surface area contributed by atoms with E-state index in [1.165, 1.54) is 0 Å². The molecule has 0 fully saturated rings. The molecule has 1 atom stereocenters. The van der Waals surface area contributed by atoms with Crippen LogP contribution in [0.25, 0.3) is 0 Å². The van der Waals surface area contributed by atoms with Crippen LogP contribution in [0.3, 0.4) is 0 Å². The smallest absolute Gasteiger partial charge is 0.239 e. The van der Waals surface area contributed by atoms with E-state index in [1.54, 1.807) is 25.3 Å². The zero-order valence-corrected chi connectivity index (χ0v) is 11.8. The first-order chi connectivity index (χ1) is 7.99. The Hall–Kier alpha value is -1.10. The highest BCUT2D eigenvalue weighted by Crippen LogP contribution is 2.13. The van der Waals surface area contributed by atoms with E-state index in [0.29, 0.717) is 24.1 Å². The fourth-order valence-electron chi connectivity index (χ4n) is 1.03. The number of amides is 1. The summed E-state index contributed by atoms with van der Waals surface area (Å²) in [4.78, 5) is 15.2. The molecule has 0 aliphatic heterocycles. The van der Waals surface area contributed by atoms with E-state index < -0.39 is 0 Å². The maximum Gasteiger partial charge on any atom is 0.239 e. The van der Waals surface area contributed by atoms with Gasteiger partial charge in [0.25, 0.3) is 0 Å². The summed E-state index contributed by atoms with van der Waals surface area (Å²) < 4.78 is 5.49. The normalized spacial score (nSPS) is 12.3. The number of carbonyl (C=O) groups excluding carboxylic acids is 1. The highest BCUT2D eigenvalue weighted by atomic mass is 79.9. The van der Waals surface area contributed by atoms with Gasteiger partial charge in [-0.2, -0.15) is 0 Å². The minimum Gasteiger partial charge on any atom is -0.492 e. The van der Waals surface area contributed by atoms with Crippen LogP contribution < -0.4 is 10.1 Å². The van der Waals surface area contributed by atoms with Gasteiger partial charge in [-0.05, 0) is 25.0 Å². The van der Waals surface area contributed by atoms with Crippen LogP contribution in [-0.2, 0) is 4.79 Å². The van der Waals surface area contributed by atoms with E-state index in [0.717, 1.165) is 0 Å². The van der Waals surface area contributed by atoms with Crippen LogP contribution in [0.5, 0.6) is 5.75 Å². The number of rotatable bonds is 5. The van der Waals surface area contributed by atoms with Crippen LogP contribution in [-0.4, -0.2) is 22.3 Å². The molecule has 0 saturated heterocycles. The quantitative estimate of drug-likeness (QED) is 0.851. The summed E-state index contributed by atoms with van der Waals surface area (Å²) in [6.45, 7) is 6.58. The summed E-state index contributed by atoms with van der Waals surface area (Å²) in [5.74, 6) is 1.60. The van der Waals surface area contributed by atoms with Crippen molar-refractivity contribution in [3.05, 3.63) is 18.3 Å². The second-order valence-electron chi connectivity index (χ2n) is 4.19. The zero-order valence-electron chi connectivity index (χ0n) is 10.2. The Balaban J connectivity index is 2.53. The second kappa shape index (κ2) is 6.59. The van der Waals surface area contributed by atoms with Gasteiger partial charge in [-0.3, -0.25) is 4.79 Å². The van der Waals surface area contributed by atoms with Gasteiger partial charge >= 0.3 is 0 Å². The first kappa shape index (κ1) is 14.0. The van der Waals surface area contributed by atoms with E-state index in [9.17, 15) is 4.79 Å². The van der Waals surface area contributed by atoms with Gasteiger partial charge in [0.05, 0.1) is 17.6 Å². The van der Waals surface area contributed by atoms with E-state index in [-0.39, 0.29) is 10.7 Å². The number of anilines is 1. The minimum atomic E-state index is -0.235. The van der Waals surface area contributed by atoms with Crippen LogP contribution in [0, 0.1) is 5.92 Å². The van der Waals surface area contributed by atoms with Gasteiger partial charge in [-0.25, -0.2) is 4.98 Å². The molecule has 1 N–H and O–H groups in total. The number of pyridine rings is 1. The van der Waals surface area contributed by atoms with Crippen molar-refractivity contribution >= 4 is 27.7 Å². The average molecular weight is 301 g/mol. The van der Waals surface area contributed by atoms with Crippen molar-refractivity contribution in [2.75, 3.05) is 11.9 Å². The molecule has 0 aromatic carbocycles. The van der Waals surface area contributed by atoms with Crippen molar-refractivity contribution < 1.29 is 9.53 Å². The summed E-state index contributed by atoms with van der Waals surface area (Å²) in [5, 5.41) is 2.68. The van der Waals surface area contributed by atoms with E-state index in [2.05, 4.69) is 40.1 Å². The van der Waals surface area contributed by atoms with Gasteiger partial charge < -0.3 is 10.1 Å². The fraction of sp³-hybridized carbons (Fsp3) is 0.500. The number of carbonyl (C=O) groups is 1. The predicted octanol–water partition coefficient (Wildman–Crippen LogP) is 2.84. The molecule has 1 rings (SSSR count). The number of hydrogen-bond donors (Lipinski definition) is 1. The highest BCUT2D eigenvalue weighted by Gasteiger charge is 2.09. The van der Waals surface area contributed by atoms with Crippen molar-refractivity contribution in [2.45, 2.75) is 25.6 Å². The molecule has 5 heteroatoms. The van der Waals surface area contributed by atoms with Crippen molar-refractivity contribution in [2.24, 2.45) is 5.92 Å². The lowest BCUT2D eigenvalue weighted by atomic mass is 10.2. The largest absolute Gasteiger partial charge is 0.492 e. The lowest BCUT2D eigenvalue weighted by Gasteiger charge is -2.09. The maximum absolute atomic E-state index is 11.4. The van der Waals surface area contributed by atoms with Crippen LogP contribution in [0.2, 0.25) is 0 Å². The van der Waals surface area contributed by atoms with Crippen LogP contribution in [0.1, 0.15) is 20.8 Å². The van der Waals surface area contributed by atoms with Crippen molar-refractivity contribution in [3.8, 4) is 5.75 Å². The molecule has 0 radical (unpaired) electrons. The van der Waals surface area contributed by atoms with Crippen LogP contribution >= 0.6 is 15.9 Å². The van der Waals surface area contributed by atoms with Gasteiger partial charge in [0.15, 0.2) is 0 Å². The van der Waals surface area contributed by atoms with Gasteiger partial charge in [0.2, 0.25) is 5.91 Å². The van der Waals surface area contributed by atoms with Crippen molar-refractivity contribution in [1.29, 1.82) is 0 Å². The first-order valence-electron chi connectivity index (χ1n) is 5.53. The third-order valence-corrected chi connectivity index (χ3v) is 2.35. The highest BCUT2D eigenvalue weighted by molar-refractivity contribution is 9.10. The summed E-state index contributed by atoms with van der Waals surface area (Å²) in [6.07, 6.45) is 1.61. The zero-order chi connectivity index (χ0) is 12.8. The molecule has 0 saturated carbocycles. The number of alkyl halides is 1. The van der Waals surface area contributed by atoms with Gasteiger partial charge in [0, 0.05) is 0 Å². The molecule has 0 spiro atoms. The van der Waals surface area contributed by atoms with Crippen LogP contribution in [0.4, 0.5) is 5.82 Å². The number of aromatic nitrogens is 1. The Kier molecular flexibility index (Phi) is 5.41. The van der Waals surface area contributed by atoms with E-state index in [4.69, 9.17) is 4.74 Å². The minimum absolute atomic E-state index is 0.117. The number of nitrogens with zero attached hydrogens (tertiary/aromatic N) is 1. The standard InChI is InChI=1S/C12H17BrN2O2/c1-8(2)7-17-10-4-5-11(14-6-10)15-12(16)9(3)13/h4-6,8-9H,7H2,1-3H3,(H,14,15,16)/t9-/m1/s1. The van der Waals surface area contributed by atoms with Gasteiger partial charge in [-0.15, -0.1) is 0 Å². The Morgan fingerprint density at radius 3 is 2.65 bits per heavy atom. The van der Waals surface area contributed by atoms with E-state index >= 15 is 0 Å². The number of hydrogen-bond acceptors (Lipinski definition) is 3. The third-order valence-electron chi connectivity index (χ3n) is 1.93. The molecule has 4 nitrogen and oxygen atoms in total. The molecule has 0 unspecified atom stereocenters. The molecule has 0 aliphatic rings. The molecule has 1 aromatic heterocycles. The van der Waals surface area contributed by atoms with Gasteiger partial charge in [0.1, 0.15) is 11.6 Å². The number of halogens is 1. The summed E-state index contributed by atoms with van der Waals surface area (Å²) in [6, 6.07) is 3.52. The van der Waals surface area contributed by atoms with Crippen LogP contribution in [0.15, 0.2) is 18.3 Å². The molecule has 1 heterocycles. The number of nitrogens with one attached hydrogen (secondary N) is 1. The molecule has 1 aromatic rings. The Morgan fingerprint density at radius 1 is 1.47 bits per heavy atom. The number of ether oxygens (including phenoxy) is 1. The fourth-order valence-corrected chi connectivity index (χ4v) is 1.14. The molecule has 17 heavy (non-hydrogen) atoms. The topological polar surface area (TPSA) is 51.2 Å². The Morgan fingerprint density at radius 2 is 2.18 bits per heavy atom. The lowest BCUT2D eigenvalue weighted by molar-refractivity contribution is -0.115. The molecule has 0 aliphatic carbocycles. The first-order valence-corrected chi connectivity index (χ1v) is 6.44. The monoisotopic (exact) mass is 300 g/mol. The Bertz CT molecular complexity index is 363. The summed E-state index contributed by atoms with van der Waals surface area (Å²) in [5.41, 5.74) is 0. The molecule has 0 bridgehead atoms. The van der Waals surface area contributed by atoms with Crippen molar-refractivity contribution in [3.63, 3.8) is 0 Å². The second-order valence-corrected chi connectivity index (χ2v) is 5.56. The summed E-state index contributed by atoms with van der Waals surface area (Å²) >= 11 is 3.19. The predicted molar refractivity (Wildman–Crippen MR) is 71.6 cm³/mol. The molecular weight excluding hydrogens is 284 g/mol. The third kappa shape index (κ3) is 5.17. The van der Waals surface area contributed by atoms with E-state index in [1.807, 2.05) is 0 Å².